The Bertz CT molecular complexity index is 3140. The molecule has 5 atom stereocenters. The number of unbranched alkanes of at least 4 members (excludes halogenated alkanes) is 2. The molecule has 3 heterocycles. The lowest BCUT2D eigenvalue weighted by atomic mass is 9.98. The van der Waals surface area contributed by atoms with Gasteiger partial charge in [0.15, 0.2) is 12.0 Å². The molecule has 0 saturated carbocycles. The van der Waals surface area contributed by atoms with E-state index in [4.69, 9.17) is 10.1 Å². The Balaban J connectivity index is 1.09. The van der Waals surface area contributed by atoms with Gasteiger partial charge in [-0.3, -0.25) is 49.3 Å². The summed E-state index contributed by atoms with van der Waals surface area (Å²) < 4.78 is 6.44. The van der Waals surface area contributed by atoms with E-state index in [-0.39, 0.29) is 74.7 Å². The predicted octanol–water partition coefficient (Wildman–Crippen LogP) is 3.17. The van der Waals surface area contributed by atoms with Gasteiger partial charge in [-0.25, -0.2) is 19.6 Å². The van der Waals surface area contributed by atoms with Gasteiger partial charge in [0.2, 0.25) is 41.4 Å². The molecular weight excluding hydrogens is 1100 g/mol. The topological polar surface area (TPSA) is 369 Å². The van der Waals surface area contributed by atoms with Gasteiger partial charge in [-0.15, -0.1) is 23.1 Å². The van der Waals surface area contributed by atoms with Crippen molar-refractivity contribution in [3.63, 3.8) is 0 Å². The van der Waals surface area contributed by atoms with Crippen LogP contribution in [0.15, 0.2) is 84.2 Å². The zero-order valence-corrected chi connectivity index (χ0v) is 47.0. The second-order valence-corrected chi connectivity index (χ2v) is 21.5. The van der Waals surface area contributed by atoms with Crippen LogP contribution in [0.3, 0.4) is 0 Å². The number of carbonyl (C=O) groups is 9. The average Bonchev–Trinajstić information content (AvgIpc) is 4.45. The molecule has 1 aliphatic carbocycles. The molecule has 0 spiro atoms. The SMILES string of the molecule is CNC(=N)NC(=O)CC[C@H](NC(=O)OCC1c2ccccc2-c2ccccc21)C(=O)N[C@@H](Cc1c[nH]cn1)C(=O)N[C@@H](CCCCNC(C)=O)C(=O)N[C@@H](CCCCNC(C)=O)C(=O)Nc1ccc2nc(C3=N[C@@H](C(=O)O)CS3)sc2c1. The molecule has 25 nitrogen and oxygen atoms in total. The molecule has 0 saturated heterocycles. The summed E-state index contributed by atoms with van der Waals surface area (Å²) in [5.41, 5.74) is 5.22. The molecule has 5 aromatic rings. The highest BCUT2D eigenvalue weighted by atomic mass is 32.2. The number of aliphatic imine (C=N–C) groups is 1. The van der Waals surface area contributed by atoms with Gasteiger partial charge in [-0.1, -0.05) is 48.5 Å². The molecule has 2 aromatic heterocycles. The first-order chi connectivity index (χ1) is 39.5. The number of nitrogens with zero attached hydrogens (tertiary/aromatic N) is 3. The zero-order chi connectivity index (χ0) is 58.7. The van der Waals surface area contributed by atoms with Crippen molar-refractivity contribution in [2.45, 2.75) is 108 Å². The van der Waals surface area contributed by atoms with Crippen LogP contribution in [-0.4, -0.2) is 147 Å². The number of hydrogen-bond acceptors (Lipinski definition) is 16. The lowest BCUT2D eigenvalue weighted by Crippen LogP contribution is -2.58. The Hall–Kier alpha value is -8.72. The quantitative estimate of drug-likeness (QED) is 0.0194. The van der Waals surface area contributed by atoms with E-state index in [1.165, 1.54) is 56.5 Å². The highest BCUT2D eigenvalue weighted by Crippen LogP contribution is 2.44. The largest absolute Gasteiger partial charge is 0.480 e. The number of nitrogens with one attached hydrogen (secondary N) is 11. The van der Waals surface area contributed by atoms with E-state index in [2.05, 4.69) is 67.8 Å². The summed E-state index contributed by atoms with van der Waals surface area (Å²) in [6.07, 6.45) is 2.71. The van der Waals surface area contributed by atoms with Crippen LogP contribution >= 0.6 is 23.1 Å². The standard InChI is InChI=1S/C55H66N14O11S2/c1-30(70)59-22-10-8-16-40(47(73)62-32-18-19-39-45(25-32)82-52(66-39)51-67-44(28-81-51)53(77)78)63-48(74)41(17-9-11-23-60-31(2)71)64-50(76)43(24-33-26-58-29-61-33)65-49(75)42(20-21-46(72)69-54(56)57-3)68-55(79)80-27-38-36-14-6-4-12-34(36)35-13-5-7-15-37(35)38/h4-7,12-15,18-19,25-26,29,38,40-44H,8-11,16-17,20-24,27-28H2,1-3H3,(H,58,61)(H,59,70)(H,60,71)(H,62,73)(H,63,74)(H,64,76)(H,65,75)(H,68,79)(H,77,78)(H3,56,57,69,72)/t40-,41-,42-,43-,44+/m0/s1. The predicted molar refractivity (Wildman–Crippen MR) is 308 cm³/mol. The van der Waals surface area contributed by atoms with Crippen LogP contribution in [-0.2, 0) is 49.5 Å². The van der Waals surface area contributed by atoms with Crippen LogP contribution in [0.2, 0.25) is 0 Å². The maximum Gasteiger partial charge on any atom is 0.407 e. The number of guanidine groups is 1. The maximum absolute atomic E-state index is 14.7. The summed E-state index contributed by atoms with van der Waals surface area (Å²) in [6, 6.07) is 14.3. The lowest BCUT2D eigenvalue weighted by molar-refractivity contribution is -0.138. The molecule has 2 aliphatic rings. The Kier molecular flexibility index (Phi) is 22.0. The van der Waals surface area contributed by atoms with Gasteiger partial charge in [-0.05, 0) is 85.4 Å². The molecule has 27 heteroatoms. The molecule has 82 heavy (non-hydrogen) atoms. The van der Waals surface area contributed by atoms with Gasteiger partial charge < -0.3 is 57.4 Å². The first-order valence-corrected chi connectivity index (χ1v) is 28.5. The van der Waals surface area contributed by atoms with Crippen LogP contribution in [0.5, 0.6) is 0 Å². The number of aromatic amines is 1. The molecular formula is C55H66N14O11S2. The molecule has 1 aliphatic heterocycles. The molecule has 434 valence electrons. The third kappa shape index (κ3) is 17.4. The fourth-order valence-electron chi connectivity index (χ4n) is 9.18. The van der Waals surface area contributed by atoms with E-state index in [0.29, 0.717) is 63.9 Å². The van der Waals surface area contributed by atoms with Crippen LogP contribution < -0.4 is 47.9 Å². The molecule has 0 fully saturated rings. The van der Waals surface area contributed by atoms with Gasteiger partial charge in [0.25, 0.3) is 0 Å². The number of anilines is 1. The molecule has 7 rings (SSSR count). The second kappa shape index (κ2) is 29.7. The fourth-order valence-corrected chi connectivity index (χ4v) is 11.3. The maximum atomic E-state index is 14.7. The van der Waals surface area contributed by atoms with E-state index in [1.807, 2.05) is 48.5 Å². The molecule has 0 unspecified atom stereocenters. The smallest absolute Gasteiger partial charge is 0.407 e. The van der Waals surface area contributed by atoms with Gasteiger partial charge in [0.05, 0.1) is 22.2 Å². The van der Waals surface area contributed by atoms with Crippen LogP contribution in [0.1, 0.15) is 93.0 Å². The molecule has 0 radical (unpaired) electrons. The Morgan fingerprint density at radius 3 is 1.94 bits per heavy atom. The molecule has 3 aromatic carbocycles. The number of alkyl carbamates (subject to hydrolysis) is 1. The lowest BCUT2D eigenvalue weighted by Gasteiger charge is -2.26. The monoisotopic (exact) mass is 1160 g/mol. The minimum absolute atomic E-state index is 0.0148. The van der Waals surface area contributed by atoms with Crippen molar-refractivity contribution in [1.29, 1.82) is 5.41 Å². The normalized spacial score (nSPS) is 14.8. The van der Waals surface area contributed by atoms with E-state index < -0.39 is 71.8 Å². The summed E-state index contributed by atoms with van der Waals surface area (Å²) in [6.45, 7) is 3.23. The number of ether oxygens (including phenoxy) is 1. The number of aliphatic carboxylic acids is 1. The van der Waals surface area contributed by atoms with Crippen molar-refractivity contribution >= 4 is 103 Å². The van der Waals surface area contributed by atoms with E-state index >= 15 is 0 Å². The van der Waals surface area contributed by atoms with Gasteiger partial charge >= 0.3 is 12.1 Å². The number of amides is 8. The van der Waals surface area contributed by atoms with Gasteiger partial charge in [0, 0.05) is 70.4 Å². The highest BCUT2D eigenvalue weighted by Gasteiger charge is 2.34. The average molecular weight is 1160 g/mol. The first-order valence-electron chi connectivity index (χ1n) is 26.7. The summed E-state index contributed by atoms with van der Waals surface area (Å²) >= 11 is 2.57. The van der Waals surface area contributed by atoms with E-state index in [9.17, 15) is 48.3 Å². The summed E-state index contributed by atoms with van der Waals surface area (Å²) in [7, 11) is 1.44. The number of rotatable bonds is 28. The number of hydrogen-bond donors (Lipinski definition) is 12. The minimum Gasteiger partial charge on any atom is -0.480 e. The van der Waals surface area contributed by atoms with E-state index in [0.717, 1.165) is 22.3 Å². The molecule has 12 N–H and O–H groups in total. The van der Waals surface area contributed by atoms with Gasteiger partial charge in [-0.2, -0.15) is 0 Å². The zero-order valence-electron chi connectivity index (χ0n) is 45.3. The number of imidazole rings is 1. The van der Waals surface area contributed by atoms with Crippen LogP contribution in [0, 0.1) is 5.41 Å². The van der Waals surface area contributed by atoms with Crippen molar-refractivity contribution in [3.05, 3.63) is 101 Å². The van der Waals surface area contributed by atoms with E-state index in [1.54, 1.807) is 18.2 Å². The van der Waals surface area contributed by atoms with Crippen molar-refractivity contribution < 1.29 is 53.0 Å². The van der Waals surface area contributed by atoms with Crippen molar-refractivity contribution in [1.82, 2.24) is 57.5 Å². The second-order valence-electron chi connectivity index (χ2n) is 19.4. The van der Waals surface area contributed by atoms with Crippen LogP contribution in [0.4, 0.5) is 10.5 Å². The Morgan fingerprint density at radius 2 is 1.35 bits per heavy atom. The third-order valence-electron chi connectivity index (χ3n) is 13.4. The highest BCUT2D eigenvalue weighted by molar-refractivity contribution is 8.15. The number of carboxylic acids is 1. The van der Waals surface area contributed by atoms with Crippen molar-refractivity contribution in [3.8, 4) is 11.1 Å². The van der Waals surface area contributed by atoms with Crippen LogP contribution in [0.25, 0.3) is 21.3 Å². The number of fused-ring (bicyclic) bond motifs is 4. The molecule has 8 amide bonds. The van der Waals surface area contributed by atoms with Crippen molar-refractivity contribution in [2.24, 2.45) is 4.99 Å². The molecule has 0 bridgehead atoms. The Labute approximate surface area is 480 Å². The number of thioether (sulfide) groups is 1. The summed E-state index contributed by atoms with van der Waals surface area (Å²) in [4.78, 5) is 135. The first kappa shape index (κ1) is 60.9. The number of thiazole rings is 1. The number of carboxylic acid groups (broad SMARTS) is 1. The summed E-state index contributed by atoms with van der Waals surface area (Å²) in [5, 5.41) is 42.3. The fraction of sp³-hybridized carbons (Fsp3) is 0.400. The summed E-state index contributed by atoms with van der Waals surface area (Å²) in [5.74, 6) is -5.58. The minimum atomic E-state index is -1.47. The number of H-pyrrole nitrogens is 1. The van der Waals surface area contributed by atoms with Crippen molar-refractivity contribution in [2.75, 3.05) is 37.8 Å². The number of benzene rings is 3. The van der Waals surface area contributed by atoms with Gasteiger partial charge in [0.1, 0.15) is 40.8 Å². The Morgan fingerprint density at radius 1 is 0.756 bits per heavy atom. The number of carbonyl (C=O) groups excluding carboxylic acids is 8. The number of aromatic nitrogens is 3. The third-order valence-corrected chi connectivity index (χ3v) is 15.6.